The molecule has 1 heterocycles. The van der Waals surface area contributed by atoms with Gasteiger partial charge in [-0.1, -0.05) is 6.08 Å². The predicted molar refractivity (Wildman–Crippen MR) is 79.7 cm³/mol. The summed E-state index contributed by atoms with van der Waals surface area (Å²) in [5.41, 5.74) is 2.35. The summed E-state index contributed by atoms with van der Waals surface area (Å²) in [6.45, 7) is 1.94. The van der Waals surface area contributed by atoms with Gasteiger partial charge in [0.2, 0.25) is 0 Å². The molecule has 0 aromatic heterocycles. The third kappa shape index (κ3) is 2.75. The Hall–Kier alpha value is -2.74. The Morgan fingerprint density at radius 2 is 2.14 bits per heavy atom. The van der Waals surface area contributed by atoms with Crippen LogP contribution in [-0.2, 0) is 9.53 Å². The van der Waals surface area contributed by atoms with Crippen LogP contribution in [0.5, 0.6) is 5.75 Å². The van der Waals surface area contributed by atoms with Crippen molar-refractivity contribution in [3.05, 3.63) is 41.1 Å². The molecule has 1 aliphatic heterocycles. The SMILES string of the molecule is CCOC(=O)/C(C#N)=C1/C=Cc2ccc(OC)cc2N1C. The lowest BCUT2D eigenvalue weighted by Gasteiger charge is -2.27. The van der Waals surface area contributed by atoms with Gasteiger partial charge in [0, 0.05) is 13.1 Å². The first kappa shape index (κ1) is 14.7. The van der Waals surface area contributed by atoms with E-state index in [0.29, 0.717) is 11.4 Å². The second kappa shape index (κ2) is 6.14. The van der Waals surface area contributed by atoms with E-state index in [-0.39, 0.29) is 12.2 Å². The fourth-order valence-electron chi connectivity index (χ4n) is 2.15. The van der Waals surface area contributed by atoms with E-state index < -0.39 is 5.97 Å². The van der Waals surface area contributed by atoms with Gasteiger partial charge in [-0.25, -0.2) is 4.79 Å². The molecule has 1 aromatic rings. The average molecular weight is 284 g/mol. The van der Waals surface area contributed by atoms with Gasteiger partial charge in [0.1, 0.15) is 11.8 Å². The molecule has 108 valence electrons. The van der Waals surface area contributed by atoms with Crippen molar-refractivity contribution in [3.8, 4) is 11.8 Å². The fourth-order valence-corrected chi connectivity index (χ4v) is 2.15. The smallest absolute Gasteiger partial charge is 0.351 e. The number of allylic oxidation sites excluding steroid dienone is 1. The number of methoxy groups -OCH3 is 1. The first-order valence-electron chi connectivity index (χ1n) is 6.53. The fraction of sp³-hybridized carbons (Fsp3) is 0.250. The summed E-state index contributed by atoms with van der Waals surface area (Å²) in [5, 5.41) is 9.25. The largest absolute Gasteiger partial charge is 0.497 e. The first-order chi connectivity index (χ1) is 10.1. The van der Waals surface area contributed by atoms with E-state index in [2.05, 4.69) is 0 Å². The highest BCUT2D eigenvalue weighted by Crippen LogP contribution is 2.33. The zero-order valence-electron chi connectivity index (χ0n) is 12.2. The van der Waals surface area contributed by atoms with Crippen LogP contribution in [0.3, 0.4) is 0 Å². The average Bonchev–Trinajstić information content (AvgIpc) is 2.50. The highest BCUT2D eigenvalue weighted by molar-refractivity contribution is 5.96. The summed E-state index contributed by atoms with van der Waals surface area (Å²) in [4.78, 5) is 13.7. The highest BCUT2D eigenvalue weighted by atomic mass is 16.5. The second-order valence-corrected chi connectivity index (χ2v) is 4.41. The van der Waals surface area contributed by atoms with Gasteiger partial charge in [-0.3, -0.25) is 0 Å². The molecule has 0 saturated heterocycles. The summed E-state index contributed by atoms with van der Waals surface area (Å²) >= 11 is 0. The van der Waals surface area contributed by atoms with Crippen molar-refractivity contribution in [3.63, 3.8) is 0 Å². The third-order valence-electron chi connectivity index (χ3n) is 3.23. The van der Waals surface area contributed by atoms with Gasteiger partial charge in [0.15, 0.2) is 5.57 Å². The number of carbonyl (C=O) groups is 1. The van der Waals surface area contributed by atoms with Gasteiger partial charge in [-0.15, -0.1) is 0 Å². The molecule has 0 saturated carbocycles. The molecule has 5 heteroatoms. The summed E-state index contributed by atoms with van der Waals surface area (Å²) in [6.07, 6.45) is 3.60. The monoisotopic (exact) mass is 284 g/mol. The maximum Gasteiger partial charge on any atom is 0.351 e. The molecule has 0 fully saturated rings. The van der Waals surface area contributed by atoms with E-state index in [9.17, 15) is 10.1 Å². The van der Waals surface area contributed by atoms with E-state index in [4.69, 9.17) is 9.47 Å². The molecule has 0 bridgehead atoms. The minimum atomic E-state index is -0.613. The Morgan fingerprint density at radius 3 is 2.76 bits per heavy atom. The van der Waals surface area contributed by atoms with Crippen LogP contribution in [0, 0.1) is 11.3 Å². The number of carbonyl (C=O) groups excluding carboxylic acids is 1. The van der Waals surface area contributed by atoms with Crippen LogP contribution in [0.25, 0.3) is 6.08 Å². The lowest BCUT2D eigenvalue weighted by molar-refractivity contribution is -0.138. The molecule has 0 atom stereocenters. The van der Waals surface area contributed by atoms with Crippen LogP contribution < -0.4 is 9.64 Å². The van der Waals surface area contributed by atoms with Crippen molar-refractivity contribution in [1.82, 2.24) is 0 Å². The van der Waals surface area contributed by atoms with Gasteiger partial charge < -0.3 is 14.4 Å². The minimum Gasteiger partial charge on any atom is -0.497 e. The molecule has 0 spiro atoms. The van der Waals surface area contributed by atoms with Crippen LogP contribution in [0.15, 0.2) is 35.5 Å². The molecule has 1 aromatic carbocycles. The Morgan fingerprint density at radius 1 is 1.38 bits per heavy atom. The number of hydrogen-bond donors (Lipinski definition) is 0. The normalized spacial score (nSPS) is 15.0. The van der Waals surface area contributed by atoms with Crippen molar-refractivity contribution >= 4 is 17.7 Å². The Bertz CT molecular complexity index is 669. The maximum absolute atomic E-state index is 11.9. The molecule has 5 nitrogen and oxygen atoms in total. The molecular weight excluding hydrogens is 268 g/mol. The molecule has 21 heavy (non-hydrogen) atoms. The van der Waals surface area contributed by atoms with Crippen LogP contribution in [0.4, 0.5) is 5.69 Å². The number of ether oxygens (including phenoxy) is 2. The number of likely N-dealkylation sites (N-methyl/N-ethyl adjacent to an activating group) is 1. The lowest BCUT2D eigenvalue weighted by Crippen LogP contribution is -2.23. The maximum atomic E-state index is 11.9. The van der Waals surface area contributed by atoms with Crippen molar-refractivity contribution < 1.29 is 14.3 Å². The van der Waals surface area contributed by atoms with E-state index in [1.54, 1.807) is 32.1 Å². The van der Waals surface area contributed by atoms with Gasteiger partial charge in [-0.2, -0.15) is 5.26 Å². The number of nitrogens with zero attached hydrogens (tertiary/aromatic N) is 2. The number of anilines is 1. The van der Waals surface area contributed by atoms with Gasteiger partial charge in [-0.05, 0) is 30.7 Å². The number of benzene rings is 1. The number of esters is 1. The molecule has 0 N–H and O–H groups in total. The summed E-state index contributed by atoms with van der Waals surface area (Å²) in [6, 6.07) is 7.58. The van der Waals surface area contributed by atoms with Crippen molar-refractivity contribution in [2.24, 2.45) is 0 Å². The molecular formula is C16H16N2O3. The lowest BCUT2D eigenvalue weighted by atomic mass is 10.0. The zero-order valence-corrected chi connectivity index (χ0v) is 12.2. The summed E-state index contributed by atoms with van der Waals surface area (Å²) in [7, 11) is 3.39. The van der Waals surface area contributed by atoms with Crippen LogP contribution >= 0.6 is 0 Å². The summed E-state index contributed by atoms with van der Waals surface area (Å²) in [5.74, 6) is 0.0998. The molecule has 0 amide bonds. The van der Waals surface area contributed by atoms with E-state index in [1.807, 2.05) is 30.3 Å². The Kier molecular flexibility index (Phi) is 4.29. The number of hydrogen-bond acceptors (Lipinski definition) is 5. The van der Waals surface area contributed by atoms with Gasteiger partial charge in [0.05, 0.1) is 25.1 Å². The molecule has 1 aliphatic rings. The molecule has 0 aliphatic carbocycles. The molecule has 0 radical (unpaired) electrons. The second-order valence-electron chi connectivity index (χ2n) is 4.41. The Labute approximate surface area is 123 Å². The highest BCUT2D eigenvalue weighted by Gasteiger charge is 2.22. The number of rotatable bonds is 3. The zero-order chi connectivity index (χ0) is 15.4. The van der Waals surface area contributed by atoms with Crippen molar-refractivity contribution in [1.29, 1.82) is 5.26 Å². The summed E-state index contributed by atoms with van der Waals surface area (Å²) < 4.78 is 10.1. The third-order valence-corrected chi connectivity index (χ3v) is 3.23. The van der Waals surface area contributed by atoms with Gasteiger partial charge >= 0.3 is 5.97 Å². The van der Waals surface area contributed by atoms with Crippen LogP contribution in [0.1, 0.15) is 12.5 Å². The minimum absolute atomic E-state index is 0.0101. The van der Waals surface area contributed by atoms with E-state index in [0.717, 1.165) is 11.3 Å². The topological polar surface area (TPSA) is 62.6 Å². The van der Waals surface area contributed by atoms with Crippen molar-refractivity contribution in [2.45, 2.75) is 6.92 Å². The molecule has 2 rings (SSSR count). The van der Waals surface area contributed by atoms with E-state index >= 15 is 0 Å². The van der Waals surface area contributed by atoms with Crippen LogP contribution in [-0.4, -0.2) is 26.7 Å². The van der Waals surface area contributed by atoms with Gasteiger partial charge in [0.25, 0.3) is 0 Å². The van der Waals surface area contributed by atoms with Crippen molar-refractivity contribution in [2.75, 3.05) is 25.7 Å². The first-order valence-corrected chi connectivity index (χ1v) is 6.53. The predicted octanol–water partition coefficient (Wildman–Crippen LogP) is 2.50. The van der Waals surface area contributed by atoms with Crippen LogP contribution in [0.2, 0.25) is 0 Å². The molecule has 0 unspecified atom stereocenters. The number of fused-ring (bicyclic) bond motifs is 1. The number of nitriles is 1. The standard InChI is InChI=1S/C16H16N2O3/c1-4-21-16(19)13(10-17)14-8-6-11-5-7-12(20-3)9-15(11)18(14)2/h5-9H,4H2,1-3H3/b14-13-. The quantitative estimate of drug-likeness (QED) is 0.485. The Balaban J connectivity index is 2.50. The van der Waals surface area contributed by atoms with E-state index in [1.165, 1.54) is 0 Å².